The second kappa shape index (κ2) is 9.32. The van der Waals surface area contributed by atoms with Crippen LogP contribution < -0.4 is 0 Å². The molecular formula is C36H50. The lowest BCUT2D eigenvalue weighted by molar-refractivity contribution is 0.0779. The molecule has 0 amide bonds. The highest BCUT2D eigenvalue weighted by Gasteiger charge is 2.46. The Bertz CT molecular complexity index is 918. The molecule has 4 saturated carbocycles. The molecule has 6 rings (SSSR count). The highest BCUT2D eigenvalue weighted by atomic mass is 14.5. The lowest BCUT2D eigenvalue weighted by Crippen LogP contribution is -2.42. The van der Waals surface area contributed by atoms with Gasteiger partial charge >= 0.3 is 0 Å². The molecule has 0 heteroatoms. The first-order valence-electron chi connectivity index (χ1n) is 15.4. The van der Waals surface area contributed by atoms with Gasteiger partial charge in [-0.25, -0.2) is 0 Å². The molecule has 4 fully saturated rings. The minimum atomic E-state index is 0.439. The van der Waals surface area contributed by atoms with Crippen LogP contribution in [-0.4, -0.2) is 0 Å². The van der Waals surface area contributed by atoms with Gasteiger partial charge in [-0.05, 0) is 133 Å². The third-order valence-electron chi connectivity index (χ3n) is 11.3. The topological polar surface area (TPSA) is 0 Å². The minimum Gasteiger partial charge on any atom is -0.0625 e. The fourth-order valence-corrected chi connectivity index (χ4v) is 10.6. The van der Waals surface area contributed by atoms with Crippen molar-refractivity contribution in [3.63, 3.8) is 0 Å². The first-order chi connectivity index (χ1) is 17.2. The van der Waals surface area contributed by atoms with Gasteiger partial charge in [0, 0.05) is 5.92 Å². The molecule has 4 bridgehead atoms. The zero-order valence-corrected chi connectivity index (χ0v) is 23.7. The summed E-state index contributed by atoms with van der Waals surface area (Å²) in [5, 5.41) is 0. The Labute approximate surface area is 221 Å². The molecule has 0 radical (unpaired) electrons. The summed E-state index contributed by atoms with van der Waals surface area (Å²) >= 11 is 0. The molecule has 4 aliphatic carbocycles. The molecule has 4 aliphatic rings. The van der Waals surface area contributed by atoms with E-state index in [-0.39, 0.29) is 0 Å². The van der Waals surface area contributed by atoms with Crippen molar-refractivity contribution in [1.82, 2.24) is 0 Å². The van der Waals surface area contributed by atoms with Gasteiger partial charge in [-0.2, -0.15) is 0 Å². The van der Waals surface area contributed by atoms with Gasteiger partial charge < -0.3 is 0 Å². The van der Waals surface area contributed by atoms with Crippen molar-refractivity contribution >= 4 is 0 Å². The maximum absolute atomic E-state index is 2.51. The molecule has 0 N–H and O–H groups in total. The monoisotopic (exact) mass is 482 g/mol. The summed E-state index contributed by atoms with van der Waals surface area (Å²) in [6, 6.07) is 19.9. The molecule has 2 aromatic rings. The van der Waals surface area contributed by atoms with Crippen molar-refractivity contribution in [3.8, 4) is 0 Å². The van der Waals surface area contributed by atoms with E-state index < -0.39 is 0 Å². The van der Waals surface area contributed by atoms with Gasteiger partial charge in [-0.1, -0.05) is 83.1 Å². The van der Waals surface area contributed by atoms with Crippen LogP contribution in [-0.2, 0) is 10.8 Å². The Morgan fingerprint density at radius 2 is 0.806 bits per heavy atom. The van der Waals surface area contributed by atoms with Crippen LogP contribution in [0.4, 0.5) is 0 Å². The van der Waals surface area contributed by atoms with E-state index in [4.69, 9.17) is 0 Å². The Morgan fingerprint density at radius 1 is 0.500 bits per heavy atom. The number of hydrogen-bond donors (Lipinski definition) is 0. The zero-order valence-electron chi connectivity index (χ0n) is 23.7. The highest BCUT2D eigenvalue weighted by Crippen LogP contribution is 2.55. The maximum Gasteiger partial charge on any atom is 0.00610 e. The molecule has 0 nitrogen and oxygen atoms in total. The van der Waals surface area contributed by atoms with Crippen molar-refractivity contribution in [1.29, 1.82) is 0 Å². The van der Waals surface area contributed by atoms with Crippen molar-refractivity contribution in [3.05, 3.63) is 70.8 Å². The van der Waals surface area contributed by atoms with Gasteiger partial charge in [0.25, 0.3) is 0 Å². The summed E-state index contributed by atoms with van der Waals surface area (Å²) in [5.41, 5.74) is 7.08. The normalized spacial score (nSPS) is 41.0. The van der Waals surface area contributed by atoms with Crippen LogP contribution in [0.25, 0.3) is 0 Å². The van der Waals surface area contributed by atoms with Gasteiger partial charge in [0.2, 0.25) is 0 Å². The van der Waals surface area contributed by atoms with E-state index >= 15 is 0 Å². The third kappa shape index (κ3) is 4.50. The molecule has 2 aromatic carbocycles. The highest BCUT2D eigenvalue weighted by molar-refractivity contribution is 5.39. The van der Waals surface area contributed by atoms with E-state index in [1.54, 1.807) is 11.1 Å². The molecular weight excluding hydrogens is 432 g/mol. The average molecular weight is 483 g/mol. The first kappa shape index (κ1) is 24.8. The van der Waals surface area contributed by atoms with Crippen LogP contribution in [0.5, 0.6) is 0 Å². The van der Waals surface area contributed by atoms with Gasteiger partial charge in [0.1, 0.15) is 0 Å². The molecule has 0 aromatic heterocycles. The molecule has 0 spiro atoms. The maximum atomic E-state index is 2.51. The van der Waals surface area contributed by atoms with Gasteiger partial charge in [-0.3, -0.25) is 0 Å². The average Bonchev–Trinajstić information content (AvgIpc) is 2.82. The van der Waals surface area contributed by atoms with Crippen LogP contribution in [0.3, 0.4) is 0 Å². The lowest BCUT2D eigenvalue weighted by atomic mass is 9.54. The molecule has 36 heavy (non-hydrogen) atoms. The first-order valence-corrected chi connectivity index (χ1v) is 15.4. The Morgan fingerprint density at radius 3 is 1.11 bits per heavy atom. The van der Waals surface area contributed by atoms with E-state index in [0.29, 0.717) is 16.7 Å². The fraction of sp³-hybridized carbons (Fsp3) is 0.667. The van der Waals surface area contributed by atoms with E-state index in [1.165, 1.54) is 75.3 Å². The molecule has 4 unspecified atom stereocenters. The van der Waals surface area contributed by atoms with Crippen molar-refractivity contribution in [2.24, 2.45) is 35.5 Å². The summed E-state index contributed by atoms with van der Waals surface area (Å²) in [5.74, 6) is 5.86. The molecule has 0 saturated heterocycles. The largest absolute Gasteiger partial charge is 0.0625 e. The number of rotatable bonds is 4. The summed E-state index contributed by atoms with van der Waals surface area (Å²) in [6.45, 7) is 12.4. The van der Waals surface area contributed by atoms with Gasteiger partial charge in [0.15, 0.2) is 0 Å². The Balaban J connectivity index is 1.21. The minimum absolute atomic E-state index is 0.439. The standard InChI is InChI=1S/C36H50/c1-24-14-29-15-25(2)19-35(18-24,22-29)33-10-6-31(7-11-33)28(5)32-8-12-34(13-9-32)36-20-26(3)16-30(23-36)17-27(4)21-36/h6-13,24-30H,14-23H2,1-5H3. The third-order valence-corrected chi connectivity index (χ3v) is 11.3. The number of hydrogen-bond acceptors (Lipinski definition) is 0. The summed E-state index contributed by atoms with van der Waals surface area (Å²) < 4.78 is 0. The summed E-state index contributed by atoms with van der Waals surface area (Å²) in [7, 11) is 0. The Hall–Kier alpha value is -1.56. The molecule has 194 valence electrons. The van der Waals surface area contributed by atoms with Crippen LogP contribution in [0.2, 0.25) is 0 Å². The fourth-order valence-electron chi connectivity index (χ4n) is 10.6. The number of benzene rings is 2. The smallest absolute Gasteiger partial charge is 0.00610 e. The van der Waals surface area contributed by atoms with E-state index in [1.807, 2.05) is 0 Å². The molecule has 4 atom stereocenters. The second-order valence-electron chi connectivity index (χ2n) is 14.8. The Kier molecular flexibility index (Phi) is 6.41. The van der Waals surface area contributed by atoms with Crippen molar-refractivity contribution in [2.75, 3.05) is 0 Å². The van der Waals surface area contributed by atoms with E-state index in [0.717, 1.165) is 35.5 Å². The van der Waals surface area contributed by atoms with Gasteiger partial charge in [-0.15, -0.1) is 0 Å². The lowest BCUT2D eigenvalue weighted by Gasteiger charge is -2.50. The summed E-state index contributed by atoms with van der Waals surface area (Å²) in [6.07, 6.45) is 14.2. The zero-order chi connectivity index (χ0) is 25.1. The van der Waals surface area contributed by atoms with Crippen molar-refractivity contribution < 1.29 is 0 Å². The van der Waals surface area contributed by atoms with Crippen LogP contribution in [0, 0.1) is 35.5 Å². The van der Waals surface area contributed by atoms with Crippen LogP contribution in [0.15, 0.2) is 48.5 Å². The molecule has 0 heterocycles. The van der Waals surface area contributed by atoms with Gasteiger partial charge in [0.05, 0.1) is 0 Å². The molecule has 0 aliphatic heterocycles. The SMILES string of the molecule is CC1CC2CC(C)CC(c3ccc(C(C)c4ccc(C56CC(C)CC(CC(C)C5)C6)cc4)cc3)(C1)C2. The van der Waals surface area contributed by atoms with Crippen LogP contribution in [0.1, 0.15) is 127 Å². The predicted octanol–water partition coefficient (Wildman–Crippen LogP) is 10.0. The second-order valence-corrected chi connectivity index (χ2v) is 14.8. The quantitative estimate of drug-likeness (QED) is 0.406. The number of fused-ring (bicyclic) bond motifs is 4. The van der Waals surface area contributed by atoms with E-state index in [9.17, 15) is 0 Å². The summed E-state index contributed by atoms with van der Waals surface area (Å²) in [4.78, 5) is 0. The predicted molar refractivity (Wildman–Crippen MR) is 154 cm³/mol. The van der Waals surface area contributed by atoms with Crippen LogP contribution >= 0.6 is 0 Å². The van der Waals surface area contributed by atoms with E-state index in [2.05, 4.69) is 83.1 Å². The van der Waals surface area contributed by atoms with Crippen molar-refractivity contribution in [2.45, 2.75) is 116 Å².